The third kappa shape index (κ3) is 5.06. The van der Waals surface area contributed by atoms with E-state index in [4.69, 9.17) is 11.6 Å². The zero-order valence-corrected chi connectivity index (χ0v) is 16.3. The van der Waals surface area contributed by atoms with Gasteiger partial charge in [-0.05, 0) is 54.9 Å². The fourth-order valence-corrected chi connectivity index (χ4v) is 4.76. The van der Waals surface area contributed by atoms with Crippen molar-refractivity contribution in [3.05, 3.63) is 64.9 Å². The number of aliphatic hydroxyl groups is 1. The summed E-state index contributed by atoms with van der Waals surface area (Å²) < 4.78 is 40.0. The van der Waals surface area contributed by atoms with E-state index in [1.165, 1.54) is 16.4 Å². The first kappa shape index (κ1) is 20.2. The van der Waals surface area contributed by atoms with Gasteiger partial charge in [0.15, 0.2) is 0 Å². The number of hydrogen-bond acceptors (Lipinski definition) is 4. The lowest BCUT2D eigenvalue weighted by Gasteiger charge is -2.24. The van der Waals surface area contributed by atoms with Gasteiger partial charge in [-0.2, -0.15) is 4.31 Å². The molecule has 2 aromatic carbocycles. The van der Waals surface area contributed by atoms with Gasteiger partial charge in [-0.3, -0.25) is 4.90 Å². The lowest BCUT2D eigenvalue weighted by atomic mass is 10.1. The quantitative estimate of drug-likeness (QED) is 0.820. The second-order valence-corrected chi connectivity index (χ2v) is 8.95. The molecule has 1 fully saturated rings. The molecule has 27 heavy (non-hydrogen) atoms. The van der Waals surface area contributed by atoms with Gasteiger partial charge in [-0.15, -0.1) is 0 Å². The molecule has 0 spiro atoms. The minimum Gasteiger partial charge on any atom is -0.387 e. The van der Waals surface area contributed by atoms with Crippen molar-refractivity contribution in [2.24, 2.45) is 0 Å². The van der Waals surface area contributed by atoms with Gasteiger partial charge >= 0.3 is 0 Å². The minimum absolute atomic E-state index is 0.0959. The van der Waals surface area contributed by atoms with Gasteiger partial charge in [0.25, 0.3) is 0 Å². The predicted octanol–water partition coefficient (Wildman–Crippen LogP) is 2.91. The van der Waals surface area contributed by atoms with E-state index in [1.807, 2.05) is 0 Å². The first-order valence-corrected chi connectivity index (χ1v) is 10.6. The average molecular weight is 413 g/mol. The van der Waals surface area contributed by atoms with E-state index in [0.717, 1.165) is 17.7 Å². The summed E-state index contributed by atoms with van der Waals surface area (Å²) in [6.07, 6.45) is -0.00385. The first-order valence-electron chi connectivity index (χ1n) is 8.78. The van der Waals surface area contributed by atoms with E-state index in [-0.39, 0.29) is 4.90 Å². The molecule has 1 N–H and O–H groups in total. The topological polar surface area (TPSA) is 60.9 Å². The van der Waals surface area contributed by atoms with E-state index in [9.17, 15) is 17.9 Å². The summed E-state index contributed by atoms with van der Waals surface area (Å²) in [6, 6.07) is 11.9. The van der Waals surface area contributed by atoms with Crippen LogP contribution in [0.5, 0.6) is 0 Å². The predicted molar refractivity (Wildman–Crippen MR) is 103 cm³/mol. The molecule has 0 aliphatic carbocycles. The maximum atomic E-state index is 13.1. The molecule has 0 aromatic heterocycles. The van der Waals surface area contributed by atoms with Crippen LogP contribution in [0.4, 0.5) is 4.39 Å². The van der Waals surface area contributed by atoms with Crippen molar-refractivity contribution in [1.29, 1.82) is 0 Å². The third-order valence-electron chi connectivity index (χ3n) is 4.68. The monoisotopic (exact) mass is 412 g/mol. The Morgan fingerprint density at radius 1 is 1.00 bits per heavy atom. The molecule has 5 nitrogen and oxygen atoms in total. The maximum Gasteiger partial charge on any atom is 0.243 e. The van der Waals surface area contributed by atoms with E-state index < -0.39 is 21.9 Å². The molecular weight excluding hydrogens is 391 g/mol. The summed E-state index contributed by atoms with van der Waals surface area (Å²) in [5.41, 5.74) is 0.777. The number of rotatable bonds is 5. The number of halogens is 2. The summed E-state index contributed by atoms with van der Waals surface area (Å²) in [6.45, 7) is 2.36. The summed E-state index contributed by atoms with van der Waals surface area (Å²) in [5, 5.41) is 11.0. The molecule has 0 amide bonds. The van der Waals surface area contributed by atoms with Crippen molar-refractivity contribution < 1.29 is 17.9 Å². The Balaban J connectivity index is 1.63. The number of nitrogens with zero attached hydrogens (tertiary/aromatic N) is 2. The Morgan fingerprint density at radius 2 is 1.67 bits per heavy atom. The van der Waals surface area contributed by atoms with Crippen LogP contribution in [-0.4, -0.2) is 55.5 Å². The molecule has 1 aliphatic heterocycles. The normalized spacial score (nSPS) is 18.2. The number of β-amino-alcohol motifs (C(OH)–C–C–N with tert-alkyl or cyclic N) is 1. The molecule has 0 saturated carbocycles. The van der Waals surface area contributed by atoms with Gasteiger partial charge in [-0.1, -0.05) is 23.7 Å². The highest BCUT2D eigenvalue weighted by atomic mass is 35.5. The largest absolute Gasteiger partial charge is 0.387 e. The lowest BCUT2D eigenvalue weighted by molar-refractivity contribution is 0.116. The molecule has 8 heteroatoms. The Morgan fingerprint density at radius 3 is 2.33 bits per heavy atom. The van der Waals surface area contributed by atoms with Crippen molar-refractivity contribution in [3.63, 3.8) is 0 Å². The standard InChI is InChI=1S/C19H22ClFN2O3S/c20-16-4-2-15(3-5-16)19(24)14-22-10-1-11-23(13-12-22)27(25,26)18-8-6-17(21)7-9-18/h2-9,19,24H,1,10-14H2. The van der Waals surface area contributed by atoms with Crippen LogP contribution in [-0.2, 0) is 10.0 Å². The third-order valence-corrected chi connectivity index (χ3v) is 6.85. The lowest BCUT2D eigenvalue weighted by Crippen LogP contribution is -2.36. The fraction of sp³-hybridized carbons (Fsp3) is 0.368. The van der Waals surface area contributed by atoms with Crippen molar-refractivity contribution in [3.8, 4) is 0 Å². The van der Waals surface area contributed by atoms with Gasteiger partial charge < -0.3 is 5.11 Å². The molecule has 0 radical (unpaired) electrons. The second-order valence-electron chi connectivity index (χ2n) is 6.58. The fourth-order valence-electron chi connectivity index (χ4n) is 3.16. The van der Waals surface area contributed by atoms with E-state index >= 15 is 0 Å². The van der Waals surface area contributed by atoms with Gasteiger partial charge in [0, 0.05) is 31.2 Å². The summed E-state index contributed by atoms with van der Waals surface area (Å²) in [4.78, 5) is 2.15. The number of sulfonamides is 1. The van der Waals surface area contributed by atoms with E-state index in [0.29, 0.717) is 44.2 Å². The number of aliphatic hydroxyl groups excluding tert-OH is 1. The van der Waals surface area contributed by atoms with Crippen molar-refractivity contribution in [2.45, 2.75) is 17.4 Å². The Kier molecular flexibility index (Phi) is 6.49. The van der Waals surface area contributed by atoms with Crippen LogP contribution >= 0.6 is 11.6 Å². The Labute approximate surface area is 164 Å². The summed E-state index contributed by atoms with van der Waals surface area (Å²) in [5.74, 6) is -0.466. The minimum atomic E-state index is -3.65. The SMILES string of the molecule is O=S(=O)(c1ccc(F)cc1)N1CCCN(CC(O)c2ccc(Cl)cc2)CC1. The van der Waals surface area contributed by atoms with Crippen LogP contribution in [0.15, 0.2) is 53.4 Å². The van der Waals surface area contributed by atoms with Crippen molar-refractivity contribution in [2.75, 3.05) is 32.7 Å². The van der Waals surface area contributed by atoms with E-state index in [2.05, 4.69) is 4.90 Å². The summed E-state index contributed by atoms with van der Waals surface area (Å²) >= 11 is 5.87. The Bertz CT molecular complexity index is 860. The molecule has 1 heterocycles. The van der Waals surface area contributed by atoms with Crippen LogP contribution in [0.2, 0.25) is 5.02 Å². The molecule has 1 aliphatic rings. The molecule has 146 valence electrons. The van der Waals surface area contributed by atoms with Crippen LogP contribution in [0.25, 0.3) is 0 Å². The number of benzene rings is 2. The zero-order chi connectivity index (χ0) is 19.4. The average Bonchev–Trinajstić information content (AvgIpc) is 2.89. The van der Waals surface area contributed by atoms with Gasteiger partial charge in [0.1, 0.15) is 5.82 Å². The smallest absolute Gasteiger partial charge is 0.243 e. The van der Waals surface area contributed by atoms with E-state index in [1.54, 1.807) is 24.3 Å². The van der Waals surface area contributed by atoms with Gasteiger partial charge in [-0.25, -0.2) is 12.8 Å². The molecule has 1 atom stereocenters. The highest BCUT2D eigenvalue weighted by Gasteiger charge is 2.27. The molecule has 3 rings (SSSR count). The molecule has 1 saturated heterocycles. The highest BCUT2D eigenvalue weighted by molar-refractivity contribution is 7.89. The van der Waals surface area contributed by atoms with Gasteiger partial charge in [0.05, 0.1) is 11.0 Å². The summed E-state index contributed by atoms with van der Waals surface area (Å²) in [7, 11) is -3.65. The molecule has 0 bridgehead atoms. The molecular formula is C19H22ClFN2O3S. The highest BCUT2D eigenvalue weighted by Crippen LogP contribution is 2.21. The van der Waals surface area contributed by atoms with Crippen LogP contribution in [0.1, 0.15) is 18.1 Å². The molecule has 1 unspecified atom stereocenters. The van der Waals surface area contributed by atoms with Crippen LogP contribution in [0.3, 0.4) is 0 Å². The van der Waals surface area contributed by atoms with Gasteiger partial charge in [0.2, 0.25) is 10.0 Å². The maximum absolute atomic E-state index is 13.1. The van der Waals surface area contributed by atoms with Crippen LogP contribution < -0.4 is 0 Å². The van der Waals surface area contributed by atoms with Crippen LogP contribution in [0, 0.1) is 5.82 Å². The number of hydrogen-bond donors (Lipinski definition) is 1. The first-order chi connectivity index (χ1) is 12.9. The molecule has 2 aromatic rings. The Hall–Kier alpha value is -1.51. The zero-order valence-electron chi connectivity index (χ0n) is 14.8. The second kappa shape index (κ2) is 8.67. The van der Waals surface area contributed by atoms with Crippen molar-refractivity contribution in [1.82, 2.24) is 9.21 Å². The van der Waals surface area contributed by atoms with Crippen molar-refractivity contribution >= 4 is 21.6 Å².